The highest BCUT2D eigenvalue weighted by molar-refractivity contribution is 7.92. The highest BCUT2D eigenvalue weighted by atomic mass is 32.2. The molecule has 0 heterocycles. The monoisotopic (exact) mass is 279 g/mol. The molecule has 0 fully saturated rings. The number of halogens is 2. The summed E-state index contributed by atoms with van der Waals surface area (Å²) in [5.74, 6) is -4.66. The van der Waals surface area contributed by atoms with Crippen LogP contribution in [0.15, 0.2) is 12.1 Å². The van der Waals surface area contributed by atoms with Gasteiger partial charge < -0.3 is 5.11 Å². The minimum absolute atomic E-state index is 0.0865. The minimum atomic E-state index is -3.82. The molecule has 0 saturated carbocycles. The molecule has 0 radical (unpaired) electrons. The van der Waals surface area contributed by atoms with Crippen molar-refractivity contribution in [3.8, 4) is 0 Å². The van der Waals surface area contributed by atoms with Crippen molar-refractivity contribution in [3.05, 3.63) is 29.3 Å². The van der Waals surface area contributed by atoms with Crippen molar-refractivity contribution < 1.29 is 27.1 Å². The van der Waals surface area contributed by atoms with Crippen LogP contribution in [0.25, 0.3) is 0 Å². The fourth-order valence-electron chi connectivity index (χ4n) is 1.27. The number of benzene rings is 1. The molecule has 1 aromatic carbocycles. The number of carbonyl (C=O) groups is 1. The number of anilines is 1. The summed E-state index contributed by atoms with van der Waals surface area (Å²) in [4.78, 5) is 10.7. The van der Waals surface area contributed by atoms with Gasteiger partial charge in [0.2, 0.25) is 10.0 Å². The van der Waals surface area contributed by atoms with Crippen molar-refractivity contribution in [2.24, 2.45) is 0 Å². The van der Waals surface area contributed by atoms with Crippen LogP contribution < -0.4 is 4.72 Å². The van der Waals surface area contributed by atoms with Crippen LogP contribution in [0.5, 0.6) is 0 Å². The smallest absolute Gasteiger partial charge is 0.310 e. The van der Waals surface area contributed by atoms with E-state index >= 15 is 0 Å². The molecule has 18 heavy (non-hydrogen) atoms. The standard InChI is InChI=1S/C10H11F2NO4S/c1-5(10(14)15)6-3-7(11)9(8(12)4-6)13-18(2,16)17/h3-5,13H,1-2H3,(H,14,15). The molecule has 1 atom stereocenters. The lowest BCUT2D eigenvalue weighted by Gasteiger charge is -2.11. The maximum atomic E-state index is 13.5. The van der Waals surface area contributed by atoms with Crippen LogP contribution in [0.4, 0.5) is 14.5 Å². The molecule has 0 spiro atoms. The molecule has 1 aromatic rings. The fourth-order valence-corrected chi connectivity index (χ4v) is 1.83. The summed E-state index contributed by atoms with van der Waals surface area (Å²) in [6.07, 6.45) is 0.750. The Bertz CT molecular complexity index is 563. The van der Waals surface area contributed by atoms with Crippen LogP contribution in [0.3, 0.4) is 0 Å². The first-order valence-electron chi connectivity index (χ1n) is 4.81. The molecule has 0 aliphatic rings. The first-order chi connectivity index (χ1) is 8.11. The number of sulfonamides is 1. The molecule has 0 bridgehead atoms. The lowest BCUT2D eigenvalue weighted by Crippen LogP contribution is -2.14. The molecule has 0 aromatic heterocycles. The van der Waals surface area contributed by atoms with Gasteiger partial charge in [0.1, 0.15) is 5.69 Å². The molecular formula is C10H11F2NO4S. The SMILES string of the molecule is CC(C(=O)O)c1cc(F)c(NS(C)(=O)=O)c(F)c1. The molecule has 0 aliphatic carbocycles. The quantitative estimate of drug-likeness (QED) is 0.875. The third kappa shape index (κ3) is 3.39. The Labute approximate surface area is 102 Å². The third-order valence-electron chi connectivity index (χ3n) is 2.22. The molecular weight excluding hydrogens is 268 g/mol. The zero-order valence-corrected chi connectivity index (χ0v) is 10.4. The summed E-state index contributed by atoms with van der Waals surface area (Å²) in [6.45, 7) is 1.26. The zero-order chi connectivity index (χ0) is 14.1. The van der Waals surface area contributed by atoms with Crippen LogP contribution in [-0.4, -0.2) is 25.7 Å². The lowest BCUT2D eigenvalue weighted by molar-refractivity contribution is -0.138. The predicted molar refractivity (Wildman–Crippen MR) is 60.9 cm³/mol. The molecule has 2 N–H and O–H groups in total. The molecule has 0 saturated heterocycles. The molecule has 100 valence electrons. The summed E-state index contributed by atoms with van der Waals surface area (Å²) < 4.78 is 50.5. The van der Waals surface area contributed by atoms with E-state index in [0.29, 0.717) is 0 Å². The van der Waals surface area contributed by atoms with Crippen LogP contribution in [-0.2, 0) is 14.8 Å². The third-order valence-corrected chi connectivity index (χ3v) is 2.80. The van der Waals surface area contributed by atoms with E-state index in [1.165, 1.54) is 6.92 Å². The molecule has 0 aliphatic heterocycles. The highest BCUT2D eigenvalue weighted by Gasteiger charge is 2.20. The zero-order valence-electron chi connectivity index (χ0n) is 9.57. The number of carboxylic acid groups (broad SMARTS) is 1. The van der Waals surface area contributed by atoms with Crippen LogP contribution in [0, 0.1) is 11.6 Å². The maximum Gasteiger partial charge on any atom is 0.310 e. The minimum Gasteiger partial charge on any atom is -0.481 e. The average Bonchev–Trinajstić information content (AvgIpc) is 2.20. The van der Waals surface area contributed by atoms with Crippen molar-refractivity contribution in [3.63, 3.8) is 0 Å². The lowest BCUT2D eigenvalue weighted by atomic mass is 10.0. The van der Waals surface area contributed by atoms with Gasteiger partial charge in [-0.15, -0.1) is 0 Å². The number of nitrogens with one attached hydrogen (secondary N) is 1. The normalized spacial score (nSPS) is 13.1. The summed E-state index contributed by atoms with van der Waals surface area (Å²) in [6, 6.07) is 1.57. The highest BCUT2D eigenvalue weighted by Crippen LogP contribution is 2.25. The van der Waals surface area contributed by atoms with Gasteiger partial charge in [0.15, 0.2) is 11.6 Å². The van der Waals surface area contributed by atoms with E-state index in [-0.39, 0.29) is 5.56 Å². The Kier molecular flexibility index (Phi) is 3.90. The van der Waals surface area contributed by atoms with E-state index in [9.17, 15) is 22.0 Å². The van der Waals surface area contributed by atoms with Crippen molar-refractivity contribution in [1.82, 2.24) is 0 Å². The molecule has 8 heteroatoms. The van der Waals surface area contributed by atoms with Crippen molar-refractivity contribution in [1.29, 1.82) is 0 Å². The second kappa shape index (κ2) is 4.89. The van der Waals surface area contributed by atoms with Gasteiger partial charge in [-0.25, -0.2) is 17.2 Å². The average molecular weight is 279 g/mol. The molecule has 1 unspecified atom stereocenters. The van der Waals surface area contributed by atoms with E-state index in [1.54, 1.807) is 4.72 Å². The van der Waals surface area contributed by atoms with E-state index in [0.717, 1.165) is 18.4 Å². The molecule has 1 rings (SSSR count). The van der Waals surface area contributed by atoms with Crippen LogP contribution in [0.2, 0.25) is 0 Å². The topological polar surface area (TPSA) is 83.5 Å². The van der Waals surface area contributed by atoms with E-state index in [4.69, 9.17) is 5.11 Å². The molecule has 0 amide bonds. The number of carboxylic acids is 1. The van der Waals surface area contributed by atoms with Crippen molar-refractivity contribution >= 4 is 21.7 Å². The second-order valence-corrected chi connectivity index (χ2v) is 5.54. The summed E-state index contributed by atoms with van der Waals surface area (Å²) in [5.41, 5.74) is -0.907. The first-order valence-corrected chi connectivity index (χ1v) is 6.70. The van der Waals surface area contributed by atoms with Gasteiger partial charge in [0.05, 0.1) is 12.2 Å². The van der Waals surface area contributed by atoms with Gasteiger partial charge in [-0.3, -0.25) is 9.52 Å². The Morgan fingerprint density at radius 3 is 2.11 bits per heavy atom. The molecule has 5 nitrogen and oxygen atoms in total. The number of rotatable bonds is 4. The predicted octanol–water partition coefficient (Wildman–Crippen LogP) is 1.52. The van der Waals surface area contributed by atoms with Gasteiger partial charge >= 0.3 is 5.97 Å². The summed E-state index contributed by atoms with van der Waals surface area (Å²) in [7, 11) is -3.82. The van der Waals surface area contributed by atoms with E-state index < -0.39 is 39.2 Å². The van der Waals surface area contributed by atoms with Gasteiger partial charge in [-0.05, 0) is 24.6 Å². The van der Waals surface area contributed by atoms with Gasteiger partial charge in [0.25, 0.3) is 0 Å². The first kappa shape index (κ1) is 14.4. The van der Waals surface area contributed by atoms with Crippen molar-refractivity contribution in [2.45, 2.75) is 12.8 Å². The number of hydrogen-bond donors (Lipinski definition) is 2. The van der Waals surface area contributed by atoms with E-state index in [1.807, 2.05) is 0 Å². The Morgan fingerprint density at radius 1 is 1.33 bits per heavy atom. The number of hydrogen-bond acceptors (Lipinski definition) is 3. The fraction of sp³-hybridized carbons (Fsp3) is 0.300. The maximum absolute atomic E-state index is 13.5. The second-order valence-electron chi connectivity index (χ2n) is 3.79. The van der Waals surface area contributed by atoms with Crippen LogP contribution in [0.1, 0.15) is 18.4 Å². The summed E-state index contributed by atoms with van der Waals surface area (Å²) in [5, 5.41) is 8.72. The Hall–Kier alpha value is -1.70. The number of aliphatic carboxylic acids is 1. The van der Waals surface area contributed by atoms with E-state index in [2.05, 4.69) is 0 Å². The summed E-state index contributed by atoms with van der Waals surface area (Å²) >= 11 is 0. The van der Waals surface area contributed by atoms with Crippen LogP contribution >= 0.6 is 0 Å². The van der Waals surface area contributed by atoms with Gasteiger partial charge in [-0.1, -0.05) is 0 Å². The van der Waals surface area contributed by atoms with Crippen molar-refractivity contribution in [2.75, 3.05) is 11.0 Å². The van der Waals surface area contributed by atoms with Gasteiger partial charge in [0, 0.05) is 0 Å². The Balaban J connectivity index is 3.25. The van der Waals surface area contributed by atoms with Gasteiger partial charge in [-0.2, -0.15) is 0 Å². The Morgan fingerprint density at radius 2 is 1.78 bits per heavy atom. The largest absolute Gasteiger partial charge is 0.481 e.